The number of hydrogen-bond donors (Lipinski definition) is 2. The Bertz CT molecular complexity index is 1230. The highest BCUT2D eigenvalue weighted by Gasteiger charge is 2.19. The lowest BCUT2D eigenvalue weighted by Gasteiger charge is -2.15. The third kappa shape index (κ3) is 6.10. The Balaban J connectivity index is 1.65. The van der Waals surface area contributed by atoms with Gasteiger partial charge in [-0.05, 0) is 67.6 Å². The summed E-state index contributed by atoms with van der Waals surface area (Å²) < 4.78 is 49.2. The van der Waals surface area contributed by atoms with Crippen molar-refractivity contribution >= 4 is 27.3 Å². The van der Waals surface area contributed by atoms with E-state index in [1.165, 1.54) is 38.5 Å². The number of ether oxygens (including phenoxy) is 4. The number of benzene rings is 3. The number of carbonyl (C=O) groups is 1. The summed E-state index contributed by atoms with van der Waals surface area (Å²) in [6, 6.07) is 17.4. The van der Waals surface area contributed by atoms with Gasteiger partial charge in [-0.25, -0.2) is 8.42 Å². The Morgan fingerprint density at radius 1 is 0.794 bits per heavy atom. The number of amides is 1. The summed E-state index contributed by atoms with van der Waals surface area (Å²) in [4.78, 5) is 12.5. The highest BCUT2D eigenvalue weighted by molar-refractivity contribution is 7.92. The number of anilines is 2. The van der Waals surface area contributed by atoms with Crippen molar-refractivity contribution < 1.29 is 32.2 Å². The summed E-state index contributed by atoms with van der Waals surface area (Å²) in [6.07, 6.45) is -0.777. The van der Waals surface area contributed by atoms with Crippen LogP contribution in [0.3, 0.4) is 0 Å². The van der Waals surface area contributed by atoms with Crippen LogP contribution in [0.15, 0.2) is 71.6 Å². The molecule has 0 fully saturated rings. The molecule has 0 bridgehead atoms. The first kappa shape index (κ1) is 24.7. The fourth-order valence-electron chi connectivity index (χ4n) is 2.96. The third-order valence-electron chi connectivity index (χ3n) is 4.83. The van der Waals surface area contributed by atoms with Crippen LogP contribution in [0.5, 0.6) is 23.0 Å². The molecule has 0 aliphatic carbocycles. The van der Waals surface area contributed by atoms with E-state index in [1.54, 1.807) is 56.5 Å². The molecule has 180 valence electrons. The van der Waals surface area contributed by atoms with Gasteiger partial charge in [-0.1, -0.05) is 0 Å². The predicted octanol–water partition coefficient (Wildman–Crippen LogP) is 3.92. The molecule has 0 radical (unpaired) electrons. The molecule has 0 saturated carbocycles. The molecule has 2 N–H and O–H groups in total. The lowest BCUT2D eigenvalue weighted by atomic mass is 10.3. The van der Waals surface area contributed by atoms with Crippen LogP contribution < -0.4 is 29.0 Å². The third-order valence-corrected chi connectivity index (χ3v) is 6.21. The maximum Gasteiger partial charge on any atom is 0.265 e. The highest BCUT2D eigenvalue weighted by atomic mass is 32.2. The smallest absolute Gasteiger partial charge is 0.265 e. The van der Waals surface area contributed by atoms with Crippen molar-refractivity contribution in [2.75, 3.05) is 31.4 Å². The van der Waals surface area contributed by atoms with Crippen molar-refractivity contribution in [2.24, 2.45) is 0 Å². The van der Waals surface area contributed by atoms with Crippen LogP contribution in [0.1, 0.15) is 6.92 Å². The van der Waals surface area contributed by atoms with Gasteiger partial charge < -0.3 is 24.3 Å². The number of methoxy groups -OCH3 is 3. The summed E-state index contributed by atoms with van der Waals surface area (Å²) in [5.74, 6) is 1.67. The summed E-state index contributed by atoms with van der Waals surface area (Å²) in [7, 11) is 0.611. The van der Waals surface area contributed by atoms with Crippen molar-refractivity contribution in [3.63, 3.8) is 0 Å². The van der Waals surface area contributed by atoms with Crippen LogP contribution in [0.2, 0.25) is 0 Å². The Labute approximate surface area is 198 Å². The van der Waals surface area contributed by atoms with E-state index in [9.17, 15) is 13.2 Å². The van der Waals surface area contributed by atoms with Crippen LogP contribution in [-0.2, 0) is 14.8 Å². The summed E-state index contributed by atoms with van der Waals surface area (Å²) >= 11 is 0. The molecule has 0 saturated heterocycles. The van der Waals surface area contributed by atoms with Crippen molar-refractivity contribution in [1.29, 1.82) is 0 Å². The van der Waals surface area contributed by atoms with E-state index in [1.807, 2.05) is 0 Å². The Hall–Kier alpha value is -3.92. The average Bonchev–Trinajstić information content (AvgIpc) is 2.84. The molecule has 0 aliphatic rings. The van der Waals surface area contributed by atoms with Gasteiger partial charge >= 0.3 is 0 Å². The molecule has 34 heavy (non-hydrogen) atoms. The molecule has 3 aromatic rings. The lowest BCUT2D eigenvalue weighted by Crippen LogP contribution is -2.30. The van der Waals surface area contributed by atoms with Crippen LogP contribution >= 0.6 is 0 Å². The Morgan fingerprint density at radius 3 is 1.97 bits per heavy atom. The average molecular weight is 487 g/mol. The zero-order valence-corrected chi connectivity index (χ0v) is 20.0. The number of rotatable bonds is 10. The molecule has 0 heterocycles. The molecule has 10 heteroatoms. The summed E-state index contributed by atoms with van der Waals surface area (Å²) in [5.41, 5.74) is 0.696. The first-order chi connectivity index (χ1) is 16.2. The first-order valence-electron chi connectivity index (χ1n) is 10.2. The summed E-state index contributed by atoms with van der Waals surface area (Å²) in [5, 5.41) is 2.71. The topological polar surface area (TPSA) is 112 Å². The molecule has 3 aromatic carbocycles. The lowest BCUT2D eigenvalue weighted by molar-refractivity contribution is -0.122. The van der Waals surface area contributed by atoms with Gasteiger partial charge in [0.1, 0.15) is 23.0 Å². The zero-order chi connectivity index (χ0) is 24.7. The molecular weight excluding hydrogens is 460 g/mol. The zero-order valence-electron chi connectivity index (χ0n) is 19.2. The molecule has 1 amide bonds. The second-order valence-electron chi connectivity index (χ2n) is 7.12. The molecule has 0 unspecified atom stereocenters. The minimum atomic E-state index is -3.89. The molecule has 1 atom stereocenters. The van der Waals surface area contributed by atoms with E-state index in [-0.39, 0.29) is 16.5 Å². The monoisotopic (exact) mass is 486 g/mol. The van der Waals surface area contributed by atoms with E-state index in [4.69, 9.17) is 18.9 Å². The molecule has 0 spiro atoms. The van der Waals surface area contributed by atoms with Gasteiger partial charge in [-0.2, -0.15) is 0 Å². The predicted molar refractivity (Wildman–Crippen MR) is 129 cm³/mol. The minimum absolute atomic E-state index is 0.0194. The maximum absolute atomic E-state index is 12.8. The molecule has 3 rings (SSSR count). The SMILES string of the molecule is COc1ccc(O[C@@H](C)C(=O)Nc2ccc(S(=O)(=O)Nc3ccc(OC)cc3OC)cc2)cc1. The van der Waals surface area contributed by atoms with Crippen LogP contribution in [0.4, 0.5) is 11.4 Å². The van der Waals surface area contributed by atoms with E-state index < -0.39 is 16.1 Å². The van der Waals surface area contributed by atoms with Crippen molar-refractivity contribution in [3.05, 3.63) is 66.7 Å². The number of carbonyl (C=O) groups excluding carboxylic acids is 1. The van der Waals surface area contributed by atoms with Gasteiger partial charge in [0.2, 0.25) is 0 Å². The molecule has 0 aromatic heterocycles. The number of hydrogen-bond acceptors (Lipinski definition) is 7. The maximum atomic E-state index is 12.8. The Kier molecular flexibility index (Phi) is 7.85. The van der Waals surface area contributed by atoms with Gasteiger partial charge in [0, 0.05) is 11.8 Å². The standard InChI is InChI=1S/C24H26N2O7S/c1-16(33-19-9-7-18(30-2)8-10-19)24(27)25-17-5-12-21(13-6-17)34(28,29)26-22-14-11-20(31-3)15-23(22)32-4/h5-16,26H,1-4H3,(H,25,27)/t16-/m0/s1. The first-order valence-corrected chi connectivity index (χ1v) is 11.7. The highest BCUT2D eigenvalue weighted by Crippen LogP contribution is 2.31. The van der Waals surface area contributed by atoms with Crippen LogP contribution in [-0.4, -0.2) is 41.8 Å². The van der Waals surface area contributed by atoms with E-state index in [0.717, 1.165) is 0 Å². The van der Waals surface area contributed by atoms with E-state index in [2.05, 4.69) is 10.0 Å². The quantitative estimate of drug-likeness (QED) is 0.447. The molecular formula is C24H26N2O7S. The molecule has 0 aliphatic heterocycles. The summed E-state index contributed by atoms with van der Waals surface area (Å²) in [6.45, 7) is 1.62. The van der Waals surface area contributed by atoms with Gasteiger partial charge in [-0.15, -0.1) is 0 Å². The van der Waals surface area contributed by atoms with Crippen LogP contribution in [0.25, 0.3) is 0 Å². The van der Waals surface area contributed by atoms with E-state index in [0.29, 0.717) is 28.7 Å². The van der Waals surface area contributed by atoms with Gasteiger partial charge in [0.25, 0.3) is 15.9 Å². The van der Waals surface area contributed by atoms with Gasteiger partial charge in [-0.3, -0.25) is 9.52 Å². The largest absolute Gasteiger partial charge is 0.497 e. The van der Waals surface area contributed by atoms with Crippen LogP contribution in [0, 0.1) is 0 Å². The van der Waals surface area contributed by atoms with Crippen molar-refractivity contribution in [2.45, 2.75) is 17.9 Å². The fraction of sp³-hybridized carbons (Fsp3) is 0.208. The second kappa shape index (κ2) is 10.8. The van der Waals surface area contributed by atoms with Crippen molar-refractivity contribution in [3.8, 4) is 23.0 Å². The fourth-order valence-corrected chi connectivity index (χ4v) is 4.03. The van der Waals surface area contributed by atoms with E-state index >= 15 is 0 Å². The number of sulfonamides is 1. The van der Waals surface area contributed by atoms with Gasteiger partial charge in [0.15, 0.2) is 6.10 Å². The van der Waals surface area contributed by atoms with Gasteiger partial charge in [0.05, 0.1) is 31.9 Å². The second-order valence-corrected chi connectivity index (χ2v) is 8.80. The van der Waals surface area contributed by atoms with Crippen molar-refractivity contribution in [1.82, 2.24) is 0 Å². The normalized spacial score (nSPS) is 11.8. The number of nitrogens with one attached hydrogen (secondary N) is 2. The minimum Gasteiger partial charge on any atom is -0.497 e. The molecule has 9 nitrogen and oxygen atoms in total. The Morgan fingerprint density at radius 2 is 1.38 bits per heavy atom.